The third-order valence-electron chi connectivity index (χ3n) is 10.7. The van der Waals surface area contributed by atoms with Gasteiger partial charge in [-0.1, -0.05) is 41.9 Å². The van der Waals surface area contributed by atoms with Crippen molar-refractivity contribution in [2.75, 3.05) is 32.8 Å². The van der Waals surface area contributed by atoms with Crippen molar-refractivity contribution < 1.29 is 27.8 Å². The Morgan fingerprint density at radius 2 is 1.84 bits per heavy atom. The highest BCUT2D eigenvalue weighted by Crippen LogP contribution is 2.45. The van der Waals surface area contributed by atoms with Crippen LogP contribution in [0.5, 0.6) is 17.2 Å². The lowest BCUT2D eigenvalue weighted by molar-refractivity contribution is -0.117. The average Bonchev–Trinajstić information content (AvgIpc) is 3.74. The number of nitrogens with one attached hydrogen (secondary N) is 1. The monoisotopic (exact) mass is 764 g/mol. The summed E-state index contributed by atoms with van der Waals surface area (Å²) in [6.45, 7) is 12.9. The Morgan fingerprint density at radius 1 is 1.02 bits per heavy atom. The molecule has 11 heteroatoms. The van der Waals surface area contributed by atoms with Crippen LogP contribution in [0.1, 0.15) is 65.2 Å². The summed E-state index contributed by atoms with van der Waals surface area (Å²) >= 11 is 6.85. The van der Waals surface area contributed by atoms with Gasteiger partial charge in [0.05, 0.1) is 24.3 Å². The molecule has 0 bridgehead atoms. The molecule has 7 rings (SSSR count). The summed E-state index contributed by atoms with van der Waals surface area (Å²) in [6.07, 6.45) is 0.0332. The quantitative estimate of drug-likeness (QED) is 0.0954. The van der Waals surface area contributed by atoms with E-state index in [9.17, 15) is 14.4 Å². The zero-order valence-electron chi connectivity index (χ0n) is 30.8. The molecule has 0 spiro atoms. The Bertz CT molecular complexity index is 2110. The molecule has 2 aliphatic carbocycles. The molecule has 284 valence electrons. The van der Waals surface area contributed by atoms with Crippen molar-refractivity contribution in [1.82, 2.24) is 10.2 Å². The van der Waals surface area contributed by atoms with Crippen LogP contribution >= 0.6 is 11.6 Å². The number of carbonyl (C=O) groups excluding carboxylic acids is 1. The molecule has 55 heavy (non-hydrogen) atoms. The van der Waals surface area contributed by atoms with Crippen molar-refractivity contribution in [3.8, 4) is 34.4 Å². The molecular formula is C44H43ClF2N4O4. The van der Waals surface area contributed by atoms with Gasteiger partial charge in [0.1, 0.15) is 42.0 Å². The second-order valence-electron chi connectivity index (χ2n) is 14.7. The van der Waals surface area contributed by atoms with E-state index in [2.05, 4.69) is 21.1 Å². The summed E-state index contributed by atoms with van der Waals surface area (Å²) in [5.41, 5.74) is 6.55. The highest BCUT2D eigenvalue weighted by Gasteiger charge is 2.37. The van der Waals surface area contributed by atoms with Gasteiger partial charge in [0.15, 0.2) is 11.8 Å². The molecule has 0 amide bonds. The van der Waals surface area contributed by atoms with Gasteiger partial charge in [-0.3, -0.25) is 9.69 Å². The fourth-order valence-corrected chi connectivity index (χ4v) is 8.04. The number of benzene rings is 4. The zero-order chi connectivity index (χ0) is 38.5. The van der Waals surface area contributed by atoms with Gasteiger partial charge in [0, 0.05) is 62.6 Å². The van der Waals surface area contributed by atoms with E-state index in [0.717, 1.165) is 58.5 Å². The van der Waals surface area contributed by atoms with Gasteiger partial charge in [-0.25, -0.2) is 13.6 Å². The molecular weight excluding hydrogens is 722 g/mol. The second kappa shape index (κ2) is 17.2. The summed E-state index contributed by atoms with van der Waals surface area (Å²) in [7, 11) is 0. The van der Waals surface area contributed by atoms with Gasteiger partial charge in [0.25, 0.3) is 0 Å². The molecule has 0 radical (unpaired) electrons. The van der Waals surface area contributed by atoms with Crippen molar-refractivity contribution in [1.29, 1.82) is 5.26 Å². The number of likely N-dealkylation sites (tertiary alicyclic amines) is 1. The second-order valence-corrected chi connectivity index (χ2v) is 15.1. The van der Waals surface area contributed by atoms with E-state index in [1.807, 2.05) is 43.3 Å². The maximum Gasteiger partial charge on any atom is 0.188 e. The number of hydrogen-bond donors (Lipinski definition) is 1. The first-order valence-corrected chi connectivity index (χ1v) is 19.2. The van der Waals surface area contributed by atoms with Gasteiger partial charge >= 0.3 is 0 Å². The van der Waals surface area contributed by atoms with Crippen LogP contribution in [0.3, 0.4) is 0 Å². The van der Waals surface area contributed by atoms with Crippen molar-refractivity contribution >= 4 is 23.1 Å². The smallest absolute Gasteiger partial charge is 0.188 e. The maximum atomic E-state index is 16.1. The van der Waals surface area contributed by atoms with Crippen LogP contribution in [-0.2, 0) is 24.4 Å². The molecule has 0 unspecified atom stereocenters. The van der Waals surface area contributed by atoms with Crippen molar-refractivity contribution in [2.24, 2.45) is 5.92 Å². The Hall–Kier alpha value is -5.00. The third-order valence-corrected chi connectivity index (χ3v) is 11.0. The molecule has 3 atom stereocenters. The molecule has 1 saturated heterocycles. The molecule has 4 aromatic rings. The number of Topliss-reactive ketones (excluding diaryl/α,β-unsaturated/α-hetero) is 1. The van der Waals surface area contributed by atoms with Crippen LogP contribution in [0, 0.1) is 30.7 Å². The van der Waals surface area contributed by atoms with E-state index in [4.69, 9.17) is 32.4 Å². The molecule has 4 aromatic carbocycles. The highest BCUT2D eigenvalue weighted by atomic mass is 35.5. The number of hydrogen-bond acceptors (Lipinski definition) is 7. The molecule has 0 aromatic heterocycles. The Balaban J connectivity index is 1.11. The fourth-order valence-electron chi connectivity index (χ4n) is 7.81. The summed E-state index contributed by atoms with van der Waals surface area (Å²) in [4.78, 5) is 17.4. The predicted octanol–water partition coefficient (Wildman–Crippen LogP) is 9.21. The Morgan fingerprint density at radius 3 is 2.60 bits per heavy atom. The predicted molar refractivity (Wildman–Crippen MR) is 207 cm³/mol. The van der Waals surface area contributed by atoms with E-state index in [1.54, 1.807) is 24.3 Å². The number of nitrogens with zero attached hydrogens (tertiary/aromatic N) is 3. The minimum absolute atomic E-state index is 0.0741. The lowest BCUT2D eigenvalue weighted by Gasteiger charge is -2.34. The minimum atomic E-state index is -1.34. The van der Waals surface area contributed by atoms with Gasteiger partial charge in [-0.05, 0) is 95.9 Å². The third kappa shape index (κ3) is 8.95. The summed E-state index contributed by atoms with van der Waals surface area (Å²) < 4.78 is 48.2. The van der Waals surface area contributed by atoms with Crippen LogP contribution in [0.2, 0.25) is 5.02 Å². The lowest BCUT2D eigenvalue weighted by atomic mass is 9.93. The van der Waals surface area contributed by atoms with Crippen LogP contribution < -0.4 is 19.5 Å². The van der Waals surface area contributed by atoms with E-state index >= 15 is 4.39 Å². The van der Waals surface area contributed by atoms with E-state index in [0.29, 0.717) is 73.2 Å². The fraction of sp³-hybridized carbons (Fsp3) is 0.386. The largest absolute Gasteiger partial charge is 0.493 e. The first kappa shape index (κ1) is 38.3. The minimum Gasteiger partial charge on any atom is -0.493 e. The Kier molecular flexibility index (Phi) is 12.0. The van der Waals surface area contributed by atoms with Crippen molar-refractivity contribution in [2.45, 2.75) is 70.6 Å². The molecule has 1 N–H and O–H groups in total. The lowest BCUT2D eigenvalue weighted by Crippen LogP contribution is -2.48. The molecule has 2 fully saturated rings. The number of ketones is 1. The summed E-state index contributed by atoms with van der Waals surface area (Å²) in [6, 6.07) is 22.1. The average molecular weight is 765 g/mol. The number of fused-ring (bicyclic) bond motifs is 1. The number of carbonyl (C=O) groups is 1. The first-order chi connectivity index (χ1) is 26.7. The summed E-state index contributed by atoms with van der Waals surface area (Å²) in [5.74, 6) is 2.06. The molecule has 8 nitrogen and oxygen atoms in total. The SMILES string of the molecule is [C-]#[N+]c1cc(C#N)cc(COc2cc(O[C@@H]3c4cccc(-c5cccc(OCCCN6CC(F)C6)c5C)c4C[C@H]3F)c(Cl)cc2CNC[C@H]2CCC(=O)C2)c1. The first-order valence-electron chi connectivity index (χ1n) is 18.8. The molecule has 1 heterocycles. The number of alkyl halides is 2. The zero-order valence-corrected chi connectivity index (χ0v) is 31.5. The topological polar surface area (TPSA) is 88.2 Å². The highest BCUT2D eigenvalue weighted by molar-refractivity contribution is 6.32. The van der Waals surface area contributed by atoms with E-state index in [1.165, 1.54) is 6.07 Å². The number of nitriles is 1. The van der Waals surface area contributed by atoms with Gasteiger partial charge in [-0.15, -0.1) is 0 Å². The summed E-state index contributed by atoms with van der Waals surface area (Å²) in [5, 5.41) is 13.2. The number of rotatable bonds is 15. The number of ether oxygens (including phenoxy) is 3. The standard InChI is InChI=1S/C44H43ClF2N4O4/c1-27-35(6-4-9-41(27)53-13-5-12-51-24-32(46)25-51)36-7-3-8-37-38(36)19-40(47)44(37)55-43-20-42(54-26-30-14-29(21-48)15-33(16-30)49-2)31(18-39(43)45)23-50-22-28-10-11-34(52)17-28/h3-4,6-9,14-16,18,20,28,32,40,44,50H,5,10-13,17,19,22-26H2,1H3/t28-,40+,44+/m0/s1. The van der Waals surface area contributed by atoms with Crippen LogP contribution in [0.4, 0.5) is 14.5 Å². The number of halogens is 3. The van der Waals surface area contributed by atoms with Gasteiger partial charge < -0.3 is 19.5 Å². The van der Waals surface area contributed by atoms with E-state index < -0.39 is 18.4 Å². The maximum absolute atomic E-state index is 16.1. The Labute approximate surface area is 325 Å². The van der Waals surface area contributed by atoms with Crippen molar-refractivity contribution in [3.63, 3.8) is 0 Å². The van der Waals surface area contributed by atoms with Crippen LogP contribution in [0.25, 0.3) is 16.0 Å². The normalized spacial score (nSPS) is 19.4. The molecule has 1 aliphatic heterocycles. The van der Waals surface area contributed by atoms with Gasteiger partial charge in [-0.2, -0.15) is 5.26 Å². The van der Waals surface area contributed by atoms with Crippen molar-refractivity contribution in [3.05, 3.63) is 117 Å². The molecule has 3 aliphatic rings. The van der Waals surface area contributed by atoms with E-state index in [-0.39, 0.29) is 30.5 Å². The van der Waals surface area contributed by atoms with Gasteiger partial charge in [0.2, 0.25) is 0 Å². The van der Waals surface area contributed by atoms with Crippen LogP contribution in [0.15, 0.2) is 66.7 Å². The van der Waals surface area contributed by atoms with Crippen LogP contribution in [-0.4, -0.2) is 55.8 Å². The molecule has 1 saturated carbocycles.